The molecule has 1 aromatic carbocycles. The highest BCUT2D eigenvalue weighted by Crippen LogP contribution is 2.25. The van der Waals surface area contributed by atoms with E-state index in [2.05, 4.69) is 0 Å². The van der Waals surface area contributed by atoms with Gasteiger partial charge in [-0.15, -0.1) is 0 Å². The molecule has 0 spiro atoms. The van der Waals surface area contributed by atoms with Gasteiger partial charge in [0.2, 0.25) is 0 Å². The van der Waals surface area contributed by atoms with Gasteiger partial charge in [-0.1, -0.05) is 5.21 Å². The number of carbonyl (C=O) groups excluding carboxylic acids is 1. The molecule has 0 saturated carbocycles. The van der Waals surface area contributed by atoms with E-state index in [-0.39, 0.29) is 5.06 Å². The molecule has 0 fully saturated rings. The summed E-state index contributed by atoms with van der Waals surface area (Å²) in [6.07, 6.45) is 0. The summed E-state index contributed by atoms with van der Waals surface area (Å²) in [5, 5.41) is 33.3. The van der Waals surface area contributed by atoms with Gasteiger partial charge in [0.15, 0.2) is 0 Å². The normalized spacial score (nSPS) is 11.0. The van der Waals surface area contributed by atoms with Crippen molar-refractivity contribution in [1.82, 2.24) is 5.06 Å². The van der Waals surface area contributed by atoms with Gasteiger partial charge < -0.3 is 0 Å². The van der Waals surface area contributed by atoms with E-state index >= 15 is 0 Å². The summed E-state index contributed by atoms with van der Waals surface area (Å²) in [5.41, 5.74) is -2.69. The Labute approximate surface area is 113 Å². The topological polar surface area (TPSA) is 126 Å². The Bertz CT molecular complexity index is 546. The second-order valence-electron chi connectivity index (χ2n) is 5.02. The number of nitrogens with zero attached hydrogens (tertiary/aromatic N) is 3. The van der Waals surface area contributed by atoms with Crippen LogP contribution in [0.15, 0.2) is 18.2 Å². The summed E-state index contributed by atoms with van der Waals surface area (Å²) >= 11 is 0. The average molecular weight is 282 g/mol. The lowest BCUT2D eigenvalue weighted by atomic mass is 10.1. The minimum atomic E-state index is -1.07. The van der Waals surface area contributed by atoms with Crippen molar-refractivity contribution in [2.45, 2.75) is 26.3 Å². The Balaban J connectivity index is 3.34. The first kappa shape index (κ1) is 15.5. The molecule has 0 saturated heterocycles. The third-order valence-electron chi connectivity index (χ3n) is 2.36. The van der Waals surface area contributed by atoms with Crippen molar-refractivity contribution in [3.63, 3.8) is 0 Å². The molecule has 0 aliphatic heterocycles. The Kier molecular flexibility index (Phi) is 4.04. The third-order valence-corrected chi connectivity index (χ3v) is 2.36. The highest BCUT2D eigenvalue weighted by molar-refractivity contribution is 5.95. The molecule has 0 aromatic heterocycles. The van der Waals surface area contributed by atoms with Gasteiger partial charge in [0.25, 0.3) is 17.3 Å². The van der Waals surface area contributed by atoms with Crippen LogP contribution in [0.4, 0.5) is 11.4 Å². The molecule has 0 aliphatic rings. The van der Waals surface area contributed by atoms with Crippen molar-refractivity contribution in [2.75, 3.05) is 0 Å². The zero-order chi connectivity index (χ0) is 15.7. The fourth-order valence-electron chi connectivity index (χ4n) is 1.35. The number of nitro benzene ring substituents is 2. The molecule has 1 amide bonds. The highest BCUT2D eigenvalue weighted by atomic mass is 16.6. The second-order valence-corrected chi connectivity index (χ2v) is 5.02. The zero-order valence-corrected chi connectivity index (χ0v) is 11.0. The maximum Gasteiger partial charge on any atom is 0.280 e. The summed E-state index contributed by atoms with van der Waals surface area (Å²) in [7, 11) is 0. The zero-order valence-electron chi connectivity index (χ0n) is 11.0. The lowest BCUT2D eigenvalue weighted by Gasteiger charge is -2.26. The van der Waals surface area contributed by atoms with E-state index in [1.807, 2.05) is 0 Å². The Morgan fingerprint density at radius 3 is 1.75 bits per heavy atom. The van der Waals surface area contributed by atoms with Crippen molar-refractivity contribution in [3.8, 4) is 0 Å². The lowest BCUT2D eigenvalue weighted by molar-refractivity contribution is -0.394. The van der Waals surface area contributed by atoms with Gasteiger partial charge in [0.1, 0.15) is 0 Å². The Morgan fingerprint density at radius 1 is 1.05 bits per heavy atom. The van der Waals surface area contributed by atoms with E-state index in [4.69, 9.17) is 0 Å². The van der Waals surface area contributed by atoms with E-state index in [0.29, 0.717) is 0 Å². The van der Waals surface area contributed by atoms with Gasteiger partial charge >= 0.3 is 0 Å². The van der Waals surface area contributed by atoms with Crippen LogP contribution in [-0.2, 0) is 5.21 Å². The maximum atomic E-state index is 11.9. The summed E-state index contributed by atoms with van der Waals surface area (Å²) < 4.78 is 0. The van der Waals surface area contributed by atoms with E-state index in [1.54, 1.807) is 0 Å². The highest BCUT2D eigenvalue weighted by Gasteiger charge is 2.30. The van der Waals surface area contributed by atoms with E-state index in [0.717, 1.165) is 18.2 Å². The van der Waals surface area contributed by atoms with Gasteiger partial charge in [0.05, 0.1) is 27.0 Å². The van der Waals surface area contributed by atoms with Crippen LogP contribution in [0.5, 0.6) is 0 Å². The molecule has 0 unspecified atom stereocenters. The Hall–Kier alpha value is -2.55. The molecule has 0 bridgehead atoms. The van der Waals surface area contributed by atoms with Crippen molar-refractivity contribution in [3.05, 3.63) is 44.0 Å². The fourth-order valence-corrected chi connectivity index (χ4v) is 1.35. The number of amides is 1. The second kappa shape index (κ2) is 5.21. The largest absolute Gasteiger partial charge is 0.280 e. The molecule has 1 aromatic rings. The first-order valence-electron chi connectivity index (χ1n) is 5.49. The average Bonchev–Trinajstić information content (AvgIpc) is 2.35. The van der Waals surface area contributed by atoms with Crippen LogP contribution >= 0.6 is 0 Å². The molecular formula is C11H12N3O6. The predicted molar refractivity (Wildman–Crippen MR) is 66.4 cm³/mol. The van der Waals surface area contributed by atoms with Crippen molar-refractivity contribution in [1.29, 1.82) is 0 Å². The van der Waals surface area contributed by atoms with Gasteiger partial charge in [-0.2, -0.15) is 5.06 Å². The number of non-ortho nitro benzene ring substituents is 2. The summed E-state index contributed by atoms with van der Waals surface area (Å²) in [4.78, 5) is 31.6. The third kappa shape index (κ3) is 3.26. The van der Waals surface area contributed by atoms with Crippen molar-refractivity contribution in [2.24, 2.45) is 0 Å². The smallest absolute Gasteiger partial charge is 0.267 e. The summed E-state index contributed by atoms with van der Waals surface area (Å²) in [6, 6.07) is 2.40. The standard InChI is InChI=1S/C11H12N3O6/c1-11(2,3)12(16)10(15)7-4-8(13(17)18)6-9(5-7)14(19)20/h4-6H,1-3H3. The molecule has 9 nitrogen and oxygen atoms in total. The van der Waals surface area contributed by atoms with E-state index in [1.165, 1.54) is 20.8 Å². The summed E-state index contributed by atoms with van der Waals surface area (Å²) in [6.45, 7) is 4.43. The molecule has 1 radical (unpaired) electrons. The van der Waals surface area contributed by atoms with Crippen LogP contribution in [0.1, 0.15) is 31.1 Å². The monoisotopic (exact) mass is 282 g/mol. The molecule has 0 atom stereocenters. The van der Waals surface area contributed by atoms with Crippen LogP contribution in [0.25, 0.3) is 0 Å². The SMILES string of the molecule is CC(C)(C)N([O])C(=O)c1cc([N+](=O)[O-])cc([N+](=O)[O-])c1. The maximum absolute atomic E-state index is 11.9. The van der Waals surface area contributed by atoms with Crippen LogP contribution in [0.2, 0.25) is 0 Å². The number of hydrogen-bond donors (Lipinski definition) is 0. The van der Waals surface area contributed by atoms with Gasteiger partial charge in [-0.25, -0.2) is 0 Å². The van der Waals surface area contributed by atoms with Crippen LogP contribution in [0, 0.1) is 20.2 Å². The number of nitro groups is 2. The first-order valence-corrected chi connectivity index (χ1v) is 5.49. The number of benzene rings is 1. The van der Waals surface area contributed by atoms with Gasteiger partial charge in [0, 0.05) is 12.1 Å². The van der Waals surface area contributed by atoms with Crippen LogP contribution in [0.3, 0.4) is 0 Å². The molecule has 0 heterocycles. The Morgan fingerprint density at radius 2 is 1.45 bits per heavy atom. The minimum Gasteiger partial charge on any atom is -0.267 e. The van der Waals surface area contributed by atoms with Gasteiger partial charge in [-0.3, -0.25) is 25.0 Å². The quantitative estimate of drug-likeness (QED) is 0.619. The molecule has 107 valence electrons. The minimum absolute atomic E-state index is 0.121. The number of hydrogen-bond acceptors (Lipinski definition) is 5. The molecule has 20 heavy (non-hydrogen) atoms. The van der Waals surface area contributed by atoms with E-state index in [9.17, 15) is 30.2 Å². The van der Waals surface area contributed by atoms with Crippen LogP contribution < -0.4 is 0 Å². The predicted octanol–water partition coefficient (Wildman–Crippen LogP) is 2.09. The van der Waals surface area contributed by atoms with Crippen LogP contribution in [-0.4, -0.2) is 26.4 Å². The molecule has 9 heteroatoms. The van der Waals surface area contributed by atoms with Crippen molar-refractivity contribution < 1.29 is 19.8 Å². The van der Waals surface area contributed by atoms with Crippen molar-refractivity contribution >= 4 is 17.3 Å². The number of rotatable bonds is 3. The molecule has 1 rings (SSSR count). The number of carbonyl (C=O) groups is 1. The summed E-state index contributed by atoms with van der Waals surface area (Å²) in [5.74, 6) is -1.07. The first-order chi connectivity index (χ1) is 9.04. The molecule has 0 aliphatic carbocycles. The number of hydroxylamine groups is 2. The van der Waals surface area contributed by atoms with Gasteiger partial charge in [-0.05, 0) is 20.8 Å². The van der Waals surface area contributed by atoms with E-state index < -0.39 is 38.2 Å². The molecule has 0 N–H and O–H groups in total. The molecular weight excluding hydrogens is 270 g/mol. The fraction of sp³-hybridized carbons (Fsp3) is 0.364. The lowest BCUT2D eigenvalue weighted by Crippen LogP contribution is -2.42.